The third-order valence-corrected chi connectivity index (χ3v) is 12.9. The fourth-order valence-corrected chi connectivity index (χ4v) is 9.73. The van der Waals surface area contributed by atoms with Crippen LogP contribution in [0.25, 0.3) is 99.5 Å². The van der Waals surface area contributed by atoms with Crippen LogP contribution in [0, 0.1) is 34.0 Å². The van der Waals surface area contributed by atoms with Crippen molar-refractivity contribution in [1.82, 2.24) is 9.13 Å². The van der Waals surface area contributed by atoms with Gasteiger partial charge in [-0.1, -0.05) is 97.1 Å². The number of fused-ring (bicyclic) bond motifs is 6. The first-order valence-electron chi connectivity index (χ1n) is 21.9. The largest absolute Gasteiger partial charge is 0.416 e. The van der Waals surface area contributed by atoms with Crippen LogP contribution in [-0.2, 0) is 12.4 Å². The first-order valence-corrected chi connectivity index (χ1v) is 21.9. The average molecular weight is 924 g/mol. The summed E-state index contributed by atoms with van der Waals surface area (Å²) in [7, 11) is 0. The first-order chi connectivity index (χ1) is 33.8. The van der Waals surface area contributed by atoms with Crippen molar-refractivity contribution >= 4 is 43.6 Å². The van der Waals surface area contributed by atoms with E-state index in [1.807, 2.05) is 118 Å². The van der Waals surface area contributed by atoms with Gasteiger partial charge in [0.25, 0.3) is 0 Å². The number of nitriles is 3. The third kappa shape index (κ3) is 7.18. The standard InChI is InChI=1S/C59H31F6N5/c60-58(61,62)42-26-41(27-43(31-42)59(63,64)65)36-18-22-54(69-52-15-7-5-13-46(52)50-29-37(19-23-55(50)69)44-11-3-1-9-39(44)33-67)49(28-36)48-21-17-35(32-66)25-57(48)70-53-16-8-6-14-47(53)51-30-38(20-24-56(51)70)45-12-4-2-10-40(45)34-68/h1-31H. The Kier molecular flexibility index (Phi) is 10.2. The van der Waals surface area contributed by atoms with Gasteiger partial charge in [-0.05, 0) is 124 Å². The Hall–Kier alpha value is -9.37. The zero-order valence-corrected chi connectivity index (χ0v) is 36.4. The van der Waals surface area contributed by atoms with E-state index in [2.05, 4.69) is 18.2 Å². The molecule has 11 heteroatoms. The van der Waals surface area contributed by atoms with E-state index in [9.17, 15) is 42.1 Å². The molecule has 0 radical (unpaired) electrons. The molecule has 2 heterocycles. The molecule has 0 bridgehead atoms. The van der Waals surface area contributed by atoms with Crippen LogP contribution < -0.4 is 0 Å². The van der Waals surface area contributed by atoms with Crippen molar-refractivity contribution in [1.29, 1.82) is 15.8 Å². The Labute approximate surface area is 395 Å². The predicted octanol–water partition coefficient (Wildman–Crippen LogP) is 16.2. The van der Waals surface area contributed by atoms with Gasteiger partial charge in [0, 0.05) is 32.7 Å². The molecule has 70 heavy (non-hydrogen) atoms. The minimum absolute atomic E-state index is 0.0878. The first kappa shape index (κ1) is 43.2. The maximum atomic E-state index is 14.4. The molecule has 0 fully saturated rings. The van der Waals surface area contributed by atoms with Gasteiger partial charge in [-0.3, -0.25) is 0 Å². The average Bonchev–Trinajstić information content (AvgIpc) is 3.89. The number of aromatic nitrogens is 2. The molecule has 0 unspecified atom stereocenters. The van der Waals surface area contributed by atoms with Crippen LogP contribution in [-0.4, -0.2) is 9.13 Å². The molecule has 5 nitrogen and oxygen atoms in total. The van der Waals surface area contributed by atoms with Crippen molar-refractivity contribution in [3.8, 4) is 74.1 Å². The molecule has 0 saturated heterocycles. The minimum atomic E-state index is -5.08. The Morgan fingerprint density at radius 3 is 1.31 bits per heavy atom. The number of nitrogens with zero attached hydrogens (tertiary/aromatic N) is 5. The Balaban J connectivity index is 1.23. The summed E-state index contributed by atoms with van der Waals surface area (Å²) < 4.78 is 90.4. The number of halogens is 6. The van der Waals surface area contributed by atoms with Gasteiger partial charge < -0.3 is 9.13 Å². The molecule has 0 amide bonds. The van der Waals surface area contributed by atoms with E-state index in [1.165, 1.54) is 6.07 Å². The lowest BCUT2D eigenvalue weighted by atomic mass is 9.93. The summed E-state index contributed by atoms with van der Waals surface area (Å²) in [5.41, 5.74) is 6.30. The van der Waals surface area contributed by atoms with Crippen molar-refractivity contribution in [2.24, 2.45) is 0 Å². The fourth-order valence-electron chi connectivity index (χ4n) is 9.73. The number of rotatable bonds is 6. The third-order valence-electron chi connectivity index (χ3n) is 12.9. The molecule has 9 aromatic carbocycles. The second-order valence-electron chi connectivity index (χ2n) is 16.9. The van der Waals surface area contributed by atoms with Crippen LogP contribution in [0.2, 0.25) is 0 Å². The summed E-state index contributed by atoms with van der Waals surface area (Å²) >= 11 is 0. The Morgan fingerprint density at radius 1 is 0.329 bits per heavy atom. The highest BCUT2D eigenvalue weighted by Crippen LogP contribution is 2.45. The van der Waals surface area contributed by atoms with Crippen LogP contribution in [0.1, 0.15) is 27.8 Å². The number of hydrogen-bond donors (Lipinski definition) is 0. The van der Waals surface area contributed by atoms with Crippen molar-refractivity contribution in [3.05, 3.63) is 216 Å². The highest BCUT2D eigenvalue weighted by molar-refractivity contribution is 6.13. The van der Waals surface area contributed by atoms with E-state index >= 15 is 0 Å². The van der Waals surface area contributed by atoms with E-state index in [4.69, 9.17) is 0 Å². The maximum Gasteiger partial charge on any atom is 0.416 e. The molecule has 11 rings (SSSR count). The predicted molar refractivity (Wildman–Crippen MR) is 261 cm³/mol. The lowest BCUT2D eigenvalue weighted by Gasteiger charge is -2.21. The number of benzene rings is 9. The van der Waals surface area contributed by atoms with Crippen LogP contribution >= 0.6 is 0 Å². The lowest BCUT2D eigenvalue weighted by molar-refractivity contribution is -0.143. The Bertz CT molecular complexity index is 4060. The van der Waals surface area contributed by atoms with Crippen LogP contribution in [0.5, 0.6) is 0 Å². The van der Waals surface area contributed by atoms with E-state index in [-0.39, 0.29) is 17.2 Å². The molecule has 0 aliphatic rings. The highest BCUT2D eigenvalue weighted by atomic mass is 19.4. The van der Waals surface area contributed by atoms with Crippen LogP contribution in [0.4, 0.5) is 26.3 Å². The molecule has 334 valence electrons. The van der Waals surface area contributed by atoms with Gasteiger partial charge in [-0.25, -0.2) is 0 Å². The second-order valence-corrected chi connectivity index (χ2v) is 16.9. The monoisotopic (exact) mass is 923 g/mol. The van der Waals surface area contributed by atoms with Crippen LogP contribution in [0.15, 0.2) is 188 Å². The minimum Gasteiger partial charge on any atom is -0.309 e. The summed E-state index contributed by atoms with van der Waals surface area (Å²) in [6, 6.07) is 60.1. The number of hydrogen-bond acceptors (Lipinski definition) is 3. The van der Waals surface area contributed by atoms with Gasteiger partial charge in [0.1, 0.15) is 0 Å². The fraction of sp³-hybridized carbons (Fsp3) is 0.0339. The van der Waals surface area contributed by atoms with Crippen molar-refractivity contribution in [2.45, 2.75) is 12.4 Å². The van der Waals surface area contributed by atoms with Gasteiger partial charge in [0.2, 0.25) is 0 Å². The molecule has 0 aliphatic heterocycles. The molecule has 2 aromatic heterocycles. The van der Waals surface area contributed by atoms with E-state index < -0.39 is 23.5 Å². The SMILES string of the molecule is N#Cc1ccc(-c2cc(-c3cc(C(F)(F)F)cc(C(F)(F)F)c3)ccc2-n2c3ccccc3c3cc(-c4ccccc4C#N)ccc32)c(-n2c3ccccc3c3cc(-c4ccccc4C#N)ccc32)c1. The number of alkyl halides is 6. The highest BCUT2D eigenvalue weighted by Gasteiger charge is 2.37. The second kappa shape index (κ2) is 16.4. The topological polar surface area (TPSA) is 81.2 Å². The molecule has 0 saturated carbocycles. The van der Waals surface area contributed by atoms with Crippen molar-refractivity contribution in [2.75, 3.05) is 0 Å². The van der Waals surface area contributed by atoms with Gasteiger partial charge in [0.05, 0.1) is 79.5 Å². The van der Waals surface area contributed by atoms with Crippen molar-refractivity contribution in [3.63, 3.8) is 0 Å². The molecule has 0 aliphatic carbocycles. The Morgan fingerprint density at radius 2 is 0.800 bits per heavy atom. The summed E-state index contributed by atoms with van der Waals surface area (Å²) in [4.78, 5) is 0. The smallest absolute Gasteiger partial charge is 0.309 e. The normalized spacial score (nSPS) is 11.8. The summed E-state index contributed by atoms with van der Waals surface area (Å²) in [5, 5.41) is 33.8. The van der Waals surface area contributed by atoms with Gasteiger partial charge in [0.15, 0.2) is 0 Å². The van der Waals surface area contributed by atoms with E-state index in [0.717, 1.165) is 78.0 Å². The van der Waals surface area contributed by atoms with E-state index in [0.29, 0.717) is 39.2 Å². The number of para-hydroxylation sites is 2. The molecule has 11 aromatic rings. The summed E-state index contributed by atoms with van der Waals surface area (Å²) in [5.74, 6) is 0. The lowest BCUT2D eigenvalue weighted by Crippen LogP contribution is -2.11. The molecular weight excluding hydrogens is 893 g/mol. The summed E-state index contributed by atoms with van der Waals surface area (Å²) in [6.07, 6.45) is -10.2. The zero-order valence-electron chi connectivity index (χ0n) is 36.4. The molecule has 0 spiro atoms. The summed E-state index contributed by atoms with van der Waals surface area (Å²) in [6.45, 7) is 0. The quantitative estimate of drug-likeness (QED) is 0.156. The van der Waals surface area contributed by atoms with Gasteiger partial charge >= 0.3 is 12.4 Å². The molecule has 0 atom stereocenters. The van der Waals surface area contributed by atoms with Crippen LogP contribution in [0.3, 0.4) is 0 Å². The zero-order chi connectivity index (χ0) is 48.5. The van der Waals surface area contributed by atoms with Gasteiger partial charge in [-0.2, -0.15) is 42.1 Å². The maximum absolute atomic E-state index is 14.4. The van der Waals surface area contributed by atoms with Crippen molar-refractivity contribution < 1.29 is 26.3 Å². The molecule has 0 N–H and O–H groups in total. The van der Waals surface area contributed by atoms with E-state index in [1.54, 1.807) is 54.6 Å². The molecular formula is C59H31F6N5. The van der Waals surface area contributed by atoms with Gasteiger partial charge in [-0.15, -0.1) is 0 Å².